The van der Waals surface area contributed by atoms with Crippen LogP contribution in [0.3, 0.4) is 0 Å². The van der Waals surface area contributed by atoms with Crippen LogP contribution in [0.25, 0.3) is 0 Å². The lowest BCUT2D eigenvalue weighted by Gasteiger charge is -2.28. The zero-order chi connectivity index (χ0) is 12.2. The Hall–Kier alpha value is -0.570. The summed E-state index contributed by atoms with van der Waals surface area (Å²) in [6.45, 7) is 6.54. The molecule has 3 nitrogen and oxygen atoms in total. The zero-order valence-electron chi connectivity index (χ0n) is 10.9. The van der Waals surface area contributed by atoms with Crippen LogP contribution in [0.2, 0.25) is 0 Å². The highest BCUT2D eigenvalue weighted by molar-refractivity contribution is 5.82. The Morgan fingerprint density at radius 1 is 1.50 bits per heavy atom. The Balaban J connectivity index is 2.45. The lowest BCUT2D eigenvalue weighted by atomic mass is 9.86. The Bertz CT molecular complexity index is 232. The molecule has 0 aliphatic heterocycles. The molecule has 0 aromatic heterocycles. The van der Waals surface area contributed by atoms with E-state index in [1.54, 1.807) is 0 Å². The predicted octanol–water partition coefficient (Wildman–Crippen LogP) is 2.06. The fourth-order valence-electron chi connectivity index (χ4n) is 1.84. The molecule has 2 atom stereocenters. The van der Waals surface area contributed by atoms with E-state index in [0.29, 0.717) is 12.6 Å². The predicted molar refractivity (Wildman–Crippen MR) is 67.0 cm³/mol. The molecule has 0 aromatic carbocycles. The lowest BCUT2D eigenvalue weighted by molar-refractivity contribution is -0.130. The summed E-state index contributed by atoms with van der Waals surface area (Å²) in [6.07, 6.45) is 5.65. The molecule has 3 heteroatoms. The quantitative estimate of drug-likeness (QED) is 0.698. The van der Waals surface area contributed by atoms with Gasteiger partial charge in [-0.3, -0.25) is 4.79 Å². The van der Waals surface area contributed by atoms with Crippen LogP contribution in [-0.4, -0.2) is 18.5 Å². The minimum Gasteiger partial charge on any atom is -0.353 e. The summed E-state index contributed by atoms with van der Waals surface area (Å²) in [5.41, 5.74) is 5.30. The Labute approximate surface area is 99.2 Å². The van der Waals surface area contributed by atoms with Crippen molar-refractivity contribution in [3.63, 3.8) is 0 Å². The van der Waals surface area contributed by atoms with Crippen molar-refractivity contribution in [2.24, 2.45) is 17.1 Å². The van der Waals surface area contributed by atoms with E-state index in [-0.39, 0.29) is 5.91 Å². The van der Waals surface area contributed by atoms with Crippen molar-refractivity contribution in [1.29, 1.82) is 0 Å². The first-order chi connectivity index (χ1) is 7.55. The van der Waals surface area contributed by atoms with E-state index < -0.39 is 5.41 Å². The SMILES string of the molecule is CCC(CC1CC1)NC(=O)C(C)(CC)CN. The molecule has 1 aliphatic carbocycles. The summed E-state index contributed by atoms with van der Waals surface area (Å²) in [7, 11) is 0. The Kier molecular flexibility index (Phi) is 4.78. The number of amides is 1. The van der Waals surface area contributed by atoms with Gasteiger partial charge in [-0.25, -0.2) is 0 Å². The number of hydrogen-bond donors (Lipinski definition) is 2. The summed E-state index contributed by atoms with van der Waals surface area (Å²) in [6, 6.07) is 0.345. The third-order valence-electron chi connectivity index (χ3n) is 3.92. The second-order valence-electron chi connectivity index (χ2n) is 5.38. The molecule has 3 N–H and O–H groups in total. The largest absolute Gasteiger partial charge is 0.353 e. The molecule has 1 aliphatic rings. The normalized spacial score (nSPS) is 21.2. The van der Waals surface area contributed by atoms with E-state index >= 15 is 0 Å². The molecule has 1 rings (SSSR count). The molecular weight excluding hydrogens is 200 g/mol. The fraction of sp³-hybridized carbons (Fsp3) is 0.923. The third kappa shape index (κ3) is 3.48. The van der Waals surface area contributed by atoms with Crippen molar-refractivity contribution in [2.75, 3.05) is 6.54 Å². The van der Waals surface area contributed by atoms with Crippen molar-refractivity contribution in [2.45, 2.75) is 58.9 Å². The third-order valence-corrected chi connectivity index (χ3v) is 3.92. The number of nitrogens with one attached hydrogen (secondary N) is 1. The van der Waals surface area contributed by atoms with E-state index in [1.165, 1.54) is 12.8 Å². The molecule has 1 saturated carbocycles. The molecular formula is C13H26N2O. The first-order valence-corrected chi connectivity index (χ1v) is 6.56. The number of carbonyl (C=O) groups excluding carboxylic acids is 1. The monoisotopic (exact) mass is 226 g/mol. The van der Waals surface area contributed by atoms with Crippen molar-refractivity contribution in [3.05, 3.63) is 0 Å². The van der Waals surface area contributed by atoms with Crippen LogP contribution in [-0.2, 0) is 4.79 Å². The molecule has 2 unspecified atom stereocenters. The second-order valence-corrected chi connectivity index (χ2v) is 5.38. The van der Waals surface area contributed by atoms with E-state index in [2.05, 4.69) is 12.2 Å². The number of carbonyl (C=O) groups is 1. The Morgan fingerprint density at radius 2 is 2.12 bits per heavy atom. The van der Waals surface area contributed by atoms with Gasteiger partial charge in [-0.15, -0.1) is 0 Å². The molecule has 0 heterocycles. The number of nitrogens with two attached hydrogens (primary N) is 1. The van der Waals surface area contributed by atoms with Gasteiger partial charge in [0, 0.05) is 12.6 Å². The van der Waals surface area contributed by atoms with Crippen LogP contribution in [0, 0.1) is 11.3 Å². The van der Waals surface area contributed by atoms with Gasteiger partial charge in [0.05, 0.1) is 5.41 Å². The standard InChI is InChI=1S/C13H26N2O/c1-4-11(8-10-6-7-10)15-12(16)13(3,5-2)9-14/h10-11H,4-9,14H2,1-3H3,(H,15,16). The summed E-state index contributed by atoms with van der Waals surface area (Å²) in [5, 5.41) is 3.16. The van der Waals surface area contributed by atoms with Gasteiger partial charge in [0.25, 0.3) is 0 Å². The van der Waals surface area contributed by atoms with Crippen LogP contribution in [0.4, 0.5) is 0 Å². The fourth-order valence-corrected chi connectivity index (χ4v) is 1.84. The molecule has 94 valence electrons. The van der Waals surface area contributed by atoms with Gasteiger partial charge in [-0.1, -0.05) is 26.7 Å². The molecule has 0 spiro atoms. The number of hydrogen-bond acceptors (Lipinski definition) is 2. The highest BCUT2D eigenvalue weighted by atomic mass is 16.2. The van der Waals surface area contributed by atoms with Crippen molar-refractivity contribution in [3.8, 4) is 0 Å². The molecule has 1 fully saturated rings. The highest BCUT2D eigenvalue weighted by Gasteiger charge is 2.32. The topological polar surface area (TPSA) is 55.1 Å². The minimum atomic E-state index is -0.392. The van der Waals surface area contributed by atoms with Crippen molar-refractivity contribution in [1.82, 2.24) is 5.32 Å². The van der Waals surface area contributed by atoms with Gasteiger partial charge in [-0.2, -0.15) is 0 Å². The summed E-state index contributed by atoms with van der Waals surface area (Å²) in [4.78, 5) is 12.1. The maximum Gasteiger partial charge on any atom is 0.227 e. The van der Waals surface area contributed by atoms with Gasteiger partial charge in [0.15, 0.2) is 0 Å². The maximum absolute atomic E-state index is 12.1. The highest BCUT2D eigenvalue weighted by Crippen LogP contribution is 2.34. The average molecular weight is 226 g/mol. The molecule has 16 heavy (non-hydrogen) atoms. The Morgan fingerprint density at radius 3 is 2.50 bits per heavy atom. The van der Waals surface area contributed by atoms with Gasteiger partial charge in [0.1, 0.15) is 0 Å². The summed E-state index contributed by atoms with van der Waals surface area (Å²) < 4.78 is 0. The molecule has 1 amide bonds. The molecule has 0 aromatic rings. The summed E-state index contributed by atoms with van der Waals surface area (Å²) >= 11 is 0. The first kappa shape index (κ1) is 13.5. The summed E-state index contributed by atoms with van der Waals surface area (Å²) in [5.74, 6) is 0.987. The minimum absolute atomic E-state index is 0.130. The zero-order valence-corrected chi connectivity index (χ0v) is 10.9. The van der Waals surface area contributed by atoms with E-state index in [9.17, 15) is 4.79 Å². The van der Waals surface area contributed by atoms with Crippen LogP contribution in [0.1, 0.15) is 52.9 Å². The van der Waals surface area contributed by atoms with Gasteiger partial charge in [0.2, 0.25) is 5.91 Å². The van der Waals surface area contributed by atoms with Gasteiger partial charge >= 0.3 is 0 Å². The van der Waals surface area contributed by atoms with Crippen LogP contribution >= 0.6 is 0 Å². The number of rotatable bonds is 7. The lowest BCUT2D eigenvalue weighted by Crippen LogP contribution is -2.47. The molecule has 0 saturated heterocycles. The van der Waals surface area contributed by atoms with Crippen LogP contribution in [0.5, 0.6) is 0 Å². The van der Waals surface area contributed by atoms with Crippen molar-refractivity contribution < 1.29 is 4.79 Å². The van der Waals surface area contributed by atoms with Crippen LogP contribution < -0.4 is 11.1 Å². The molecule has 0 bridgehead atoms. The smallest absolute Gasteiger partial charge is 0.227 e. The van der Waals surface area contributed by atoms with Crippen molar-refractivity contribution >= 4 is 5.91 Å². The average Bonchev–Trinajstić information content (AvgIpc) is 3.10. The first-order valence-electron chi connectivity index (χ1n) is 6.56. The molecule has 0 radical (unpaired) electrons. The van der Waals surface area contributed by atoms with E-state index in [1.807, 2.05) is 13.8 Å². The second kappa shape index (κ2) is 5.67. The van der Waals surface area contributed by atoms with Gasteiger partial charge in [-0.05, 0) is 32.1 Å². The maximum atomic E-state index is 12.1. The van der Waals surface area contributed by atoms with Gasteiger partial charge < -0.3 is 11.1 Å². The van der Waals surface area contributed by atoms with E-state index in [0.717, 1.165) is 25.2 Å². The van der Waals surface area contributed by atoms with Crippen LogP contribution in [0.15, 0.2) is 0 Å². The van der Waals surface area contributed by atoms with E-state index in [4.69, 9.17) is 5.73 Å².